The molecule has 0 bridgehead atoms. The molecule has 11 atom stereocenters. The second kappa shape index (κ2) is 23.6. The first-order valence-electron chi connectivity index (χ1n) is 23.1. The van der Waals surface area contributed by atoms with Crippen LogP contribution < -0.4 is 0 Å². The Bertz CT molecular complexity index is 2040. The van der Waals surface area contributed by atoms with E-state index in [-0.39, 0.29) is 31.5 Å². The summed E-state index contributed by atoms with van der Waals surface area (Å²) in [6, 6.07) is 38.8. The molecule has 4 aromatic carbocycles. The SMILES string of the molecule is CCCCCO[C@@H]1O[C@H](COCc2ccccc2)[C@@H](O[C@@H]2O[C@@H]3COC(c4ccccc4)O[C@H]3[C@H](O[Si](C)(C)C(C)(C)C)[C@@H]2OCc2ccccc2)[C@H](OCc2ccccc2)[C@H]1N=[N+]=[N-]. The molecule has 4 aromatic rings. The van der Waals surface area contributed by atoms with Crippen LogP contribution in [0.2, 0.25) is 18.1 Å². The number of nitrogens with zero attached hydrogens (tertiary/aromatic N) is 3. The van der Waals surface area contributed by atoms with Crippen LogP contribution in [-0.2, 0) is 66.9 Å². The molecule has 350 valence electrons. The largest absolute Gasteiger partial charge is 0.408 e. The standard InChI is InChI=1S/C51H67N3O10Si/c1-7-8-21-30-56-49-42(53-54-52)45(57-32-37-24-15-10-16-25-37)43(40(60-49)34-55-31-36-22-13-9-14-23-36)63-50-47(58-33-38-26-17-11-18-27-38)46(64-65(5,6)51(2,3)4)44-41(61-50)35-59-48(62-44)39-28-19-12-20-29-39/h9-20,22-29,40-50H,7-8,21,30-35H2,1-6H3/t40-,41-,42-,43-,44-,45-,46+,47+,48?,49-,50+/m1/s1. The van der Waals surface area contributed by atoms with Crippen LogP contribution in [0.15, 0.2) is 126 Å². The third-order valence-corrected chi connectivity index (χ3v) is 17.2. The summed E-state index contributed by atoms with van der Waals surface area (Å²) in [4.78, 5) is 3.30. The minimum atomic E-state index is -2.53. The van der Waals surface area contributed by atoms with E-state index in [4.69, 9.17) is 47.1 Å². The zero-order valence-electron chi connectivity index (χ0n) is 38.7. The molecule has 0 aromatic heterocycles. The quantitative estimate of drug-likeness (QED) is 0.0261. The van der Waals surface area contributed by atoms with E-state index in [1.807, 2.05) is 121 Å². The third kappa shape index (κ3) is 13.1. The van der Waals surface area contributed by atoms with Gasteiger partial charge in [0, 0.05) is 17.1 Å². The number of hydrogen-bond donors (Lipinski definition) is 0. The van der Waals surface area contributed by atoms with Gasteiger partial charge in [-0.25, -0.2) is 0 Å². The van der Waals surface area contributed by atoms with Crippen molar-refractivity contribution < 1.29 is 47.1 Å². The van der Waals surface area contributed by atoms with Gasteiger partial charge in [-0.2, -0.15) is 0 Å². The summed E-state index contributed by atoms with van der Waals surface area (Å²) in [6.07, 6.45) is -5.06. The van der Waals surface area contributed by atoms with Gasteiger partial charge in [-0.3, -0.25) is 0 Å². The highest BCUT2D eigenvalue weighted by atomic mass is 28.4. The zero-order valence-corrected chi connectivity index (χ0v) is 39.7. The third-order valence-electron chi connectivity index (χ3n) is 12.7. The monoisotopic (exact) mass is 909 g/mol. The molecule has 0 radical (unpaired) electrons. The summed E-state index contributed by atoms with van der Waals surface area (Å²) in [7, 11) is -2.53. The molecule has 0 aliphatic carbocycles. The summed E-state index contributed by atoms with van der Waals surface area (Å²) in [5.41, 5.74) is 13.9. The number of unbranched alkanes of at least 4 members (excludes halogenated alkanes) is 2. The van der Waals surface area contributed by atoms with Gasteiger partial charge in [0.15, 0.2) is 27.2 Å². The maximum absolute atomic E-state index is 10.1. The normalized spacial score (nSPS) is 28.2. The van der Waals surface area contributed by atoms with Crippen molar-refractivity contribution in [3.8, 4) is 0 Å². The van der Waals surface area contributed by atoms with Crippen molar-refractivity contribution in [1.29, 1.82) is 0 Å². The van der Waals surface area contributed by atoms with Gasteiger partial charge in [-0.05, 0) is 46.8 Å². The van der Waals surface area contributed by atoms with Crippen LogP contribution in [0.25, 0.3) is 10.4 Å². The van der Waals surface area contributed by atoms with Gasteiger partial charge < -0.3 is 47.1 Å². The fourth-order valence-corrected chi connectivity index (χ4v) is 9.37. The van der Waals surface area contributed by atoms with E-state index in [0.29, 0.717) is 13.2 Å². The Labute approximate surface area is 385 Å². The van der Waals surface area contributed by atoms with Crippen LogP contribution in [0.1, 0.15) is 75.5 Å². The van der Waals surface area contributed by atoms with Gasteiger partial charge in [0.25, 0.3) is 0 Å². The molecule has 0 N–H and O–H groups in total. The predicted molar refractivity (Wildman–Crippen MR) is 249 cm³/mol. The molecule has 0 spiro atoms. The highest BCUT2D eigenvalue weighted by molar-refractivity contribution is 6.74. The van der Waals surface area contributed by atoms with Crippen molar-refractivity contribution in [2.45, 2.75) is 153 Å². The Balaban J connectivity index is 1.28. The minimum Gasteiger partial charge on any atom is -0.408 e. The molecule has 7 rings (SSSR count). The fraction of sp³-hybridized carbons (Fsp3) is 0.529. The van der Waals surface area contributed by atoms with Crippen LogP contribution in [0.4, 0.5) is 0 Å². The maximum Gasteiger partial charge on any atom is 0.192 e. The Morgan fingerprint density at radius 1 is 0.677 bits per heavy atom. The van der Waals surface area contributed by atoms with E-state index in [1.165, 1.54) is 0 Å². The molecule has 3 aliphatic heterocycles. The van der Waals surface area contributed by atoms with Gasteiger partial charge in [-0.1, -0.05) is 167 Å². The van der Waals surface area contributed by atoms with Crippen molar-refractivity contribution in [3.63, 3.8) is 0 Å². The predicted octanol–water partition coefficient (Wildman–Crippen LogP) is 10.6. The van der Waals surface area contributed by atoms with Gasteiger partial charge in [-0.15, -0.1) is 0 Å². The van der Waals surface area contributed by atoms with Gasteiger partial charge in [0.2, 0.25) is 0 Å². The molecule has 3 saturated heterocycles. The van der Waals surface area contributed by atoms with Crippen LogP contribution in [0.5, 0.6) is 0 Å². The molecule has 13 nitrogen and oxygen atoms in total. The number of fused-ring (bicyclic) bond motifs is 1. The first kappa shape index (κ1) is 48.9. The Hall–Kier alpha value is -3.99. The molecule has 1 unspecified atom stereocenters. The highest BCUT2D eigenvalue weighted by Crippen LogP contribution is 2.44. The lowest BCUT2D eigenvalue weighted by atomic mass is 9.95. The number of hydrogen-bond acceptors (Lipinski definition) is 11. The van der Waals surface area contributed by atoms with E-state index in [1.54, 1.807) is 0 Å². The maximum atomic E-state index is 10.1. The molecule has 0 amide bonds. The lowest BCUT2D eigenvalue weighted by molar-refractivity contribution is -0.385. The van der Waals surface area contributed by atoms with E-state index in [2.05, 4.69) is 50.8 Å². The number of azide groups is 1. The lowest BCUT2D eigenvalue weighted by Gasteiger charge is -2.53. The van der Waals surface area contributed by atoms with E-state index >= 15 is 0 Å². The zero-order chi connectivity index (χ0) is 45.7. The van der Waals surface area contributed by atoms with Crippen molar-refractivity contribution in [3.05, 3.63) is 154 Å². The van der Waals surface area contributed by atoms with Gasteiger partial charge in [0.1, 0.15) is 48.8 Å². The van der Waals surface area contributed by atoms with Crippen LogP contribution in [0, 0.1) is 0 Å². The van der Waals surface area contributed by atoms with Crippen LogP contribution in [-0.4, -0.2) is 89.5 Å². The average Bonchev–Trinajstić information content (AvgIpc) is 3.31. The molecule has 0 saturated carbocycles. The summed E-state index contributed by atoms with van der Waals surface area (Å²) >= 11 is 0. The van der Waals surface area contributed by atoms with Gasteiger partial charge in [0.05, 0.1) is 33.0 Å². The average molecular weight is 910 g/mol. The molecule has 3 heterocycles. The molecule has 14 heteroatoms. The van der Waals surface area contributed by atoms with E-state index in [9.17, 15) is 5.53 Å². The topological polar surface area (TPSA) is 141 Å². The molecular formula is C51H67N3O10Si. The first-order valence-corrected chi connectivity index (χ1v) is 26.0. The van der Waals surface area contributed by atoms with E-state index < -0.39 is 76.0 Å². The molecule has 3 aliphatic rings. The first-order chi connectivity index (χ1) is 31.5. The second-order valence-electron chi connectivity index (χ2n) is 18.5. The number of rotatable bonds is 21. The summed E-state index contributed by atoms with van der Waals surface area (Å²) < 4.78 is 68.5. The summed E-state index contributed by atoms with van der Waals surface area (Å²) in [5, 5.41) is 4.15. The molecule has 3 fully saturated rings. The van der Waals surface area contributed by atoms with E-state index in [0.717, 1.165) is 41.5 Å². The molecule has 65 heavy (non-hydrogen) atoms. The Kier molecular flexibility index (Phi) is 17.8. The van der Waals surface area contributed by atoms with Crippen LogP contribution in [0.3, 0.4) is 0 Å². The van der Waals surface area contributed by atoms with Crippen molar-refractivity contribution in [1.82, 2.24) is 0 Å². The van der Waals surface area contributed by atoms with Crippen LogP contribution >= 0.6 is 0 Å². The minimum absolute atomic E-state index is 0.103. The van der Waals surface area contributed by atoms with Gasteiger partial charge >= 0.3 is 0 Å². The van der Waals surface area contributed by atoms with Crippen molar-refractivity contribution >= 4 is 8.32 Å². The smallest absolute Gasteiger partial charge is 0.192 e. The Morgan fingerprint density at radius 3 is 1.85 bits per heavy atom. The Morgan fingerprint density at radius 2 is 1.26 bits per heavy atom. The lowest BCUT2D eigenvalue weighted by Crippen LogP contribution is -2.68. The summed E-state index contributed by atoms with van der Waals surface area (Å²) in [6.45, 7) is 14.7. The number of benzene rings is 4. The van der Waals surface area contributed by atoms with Crippen molar-refractivity contribution in [2.24, 2.45) is 5.11 Å². The highest BCUT2D eigenvalue weighted by Gasteiger charge is 2.57. The molecular weight excluding hydrogens is 843 g/mol. The van der Waals surface area contributed by atoms with Crippen molar-refractivity contribution in [2.75, 3.05) is 19.8 Å². The summed E-state index contributed by atoms with van der Waals surface area (Å²) in [5.74, 6) is 0. The number of ether oxygens (including phenoxy) is 9. The fourth-order valence-electron chi connectivity index (χ4n) is 8.07. The second-order valence-corrected chi connectivity index (χ2v) is 23.3.